The summed E-state index contributed by atoms with van der Waals surface area (Å²) in [7, 11) is 1.33. The van der Waals surface area contributed by atoms with E-state index < -0.39 is 12.1 Å². The Hall–Kier alpha value is -3.13. The fraction of sp³-hybridized carbons (Fsp3) is 0.321. The van der Waals surface area contributed by atoms with Gasteiger partial charge in [0.25, 0.3) is 0 Å². The SMILES string of the molecule is COC(=O)c1ccc(COC(=O)Nc2c(C)nc(CC(C)C)c(CN)c2-c2ccc(C)cc2)cc1.Cl.Cl. The van der Waals surface area contributed by atoms with Crippen LogP contribution in [0.1, 0.15) is 52.3 Å². The molecule has 0 bridgehead atoms. The molecule has 0 aliphatic heterocycles. The molecule has 0 aliphatic carbocycles. The highest BCUT2D eigenvalue weighted by molar-refractivity contribution is 5.94. The van der Waals surface area contributed by atoms with Gasteiger partial charge in [0.05, 0.1) is 24.1 Å². The number of aryl methyl sites for hydroxylation is 2. The molecule has 200 valence electrons. The lowest BCUT2D eigenvalue weighted by molar-refractivity contribution is 0.0600. The van der Waals surface area contributed by atoms with E-state index in [0.717, 1.165) is 39.9 Å². The number of halogens is 2. The predicted octanol–water partition coefficient (Wildman–Crippen LogP) is 6.40. The van der Waals surface area contributed by atoms with Gasteiger partial charge >= 0.3 is 12.1 Å². The number of carbonyl (C=O) groups is 2. The van der Waals surface area contributed by atoms with E-state index >= 15 is 0 Å². The third-order valence-corrected chi connectivity index (χ3v) is 5.68. The number of benzene rings is 2. The largest absolute Gasteiger partial charge is 0.465 e. The Bertz CT molecular complexity index is 1200. The maximum Gasteiger partial charge on any atom is 0.412 e. The molecule has 2 aromatic carbocycles. The Morgan fingerprint density at radius 1 is 1.00 bits per heavy atom. The maximum absolute atomic E-state index is 12.8. The van der Waals surface area contributed by atoms with Gasteiger partial charge in [-0.15, -0.1) is 24.8 Å². The van der Waals surface area contributed by atoms with E-state index in [1.807, 2.05) is 38.1 Å². The Morgan fingerprint density at radius 3 is 2.16 bits per heavy atom. The van der Waals surface area contributed by atoms with Crippen molar-refractivity contribution in [3.05, 3.63) is 82.2 Å². The van der Waals surface area contributed by atoms with Crippen LogP contribution in [0.3, 0.4) is 0 Å². The quantitative estimate of drug-likeness (QED) is 0.316. The van der Waals surface area contributed by atoms with Crippen molar-refractivity contribution in [3.8, 4) is 11.1 Å². The van der Waals surface area contributed by atoms with Crippen molar-refractivity contribution >= 4 is 42.6 Å². The van der Waals surface area contributed by atoms with E-state index in [9.17, 15) is 9.59 Å². The van der Waals surface area contributed by atoms with Crippen molar-refractivity contribution in [2.75, 3.05) is 12.4 Å². The normalized spacial score (nSPS) is 10.2. The Labute approximate surface area is 231 Å². The van der Waals surface area contributed by atoms with Crippen LogP contribution in [0.4, 0.5) is 10.5 Å². The maximum atomic E-state index is 12.8. The van der Waals surface area contributed by atoms with Crippen LogP contribution in [-0.4, -0.2) is 24.2 Å². The van der Waals surface area contributed by atoms with E-state index in [0.29, 0.717) is 29.4 Å². The van der Waals surface area contributed by atoms with Crippen molar-refractivity contribution in [2.45, 2.75) is 47.3 Å². The number of rotatable bonds is 8. The minimum atomic E-state index is -0.597. The van der Waals surface area contributed by atoms with Gasteiger partial charge < -0.3 is 15.2 Å². The van der Waals surface area contributed by atoms with Crippen LogP contribution in [0.5, 0.6) is 0 Å². The topological polar surface area (TPSA) is 104 Å². The summed E-state index contributed by atoms with van der Waals surface area (Å²) in [5.74, 6) is -0.00847. The summed E-state index contributed by atoms with van der Waals surface area (Å²) in [6.07, 6.45) is 0.193. The zero-order valence-electron chi connectivity index (χ0n) is 21.8. The highest BCUT2D eigenvalue weighted by Gasteiger charge is 2.21. The van der Waals surface area contributed by atoms with Gasteiger partial charge in [0, 0.05) is 17.8 Å². The lowest BCUT2D eigenvalue weighted by Gasteiger charge is -2.21. The summed E-state index contributed by atoms with van der Waals surface area (Å²) < 4.78 is 10.2. The number of pyridine rings is 1. The lowest BCUT2D eigenvalue weighted by Crippen LogP contribution is -2.18. The molecule has 1 heterocycles. The minimum absolute atomic E-state index is 0. The zero-order valence-corrected chi connectivity index (χ0v) is 23.4. The molecule has 7 nitrogen and oxygen atoms in total. The number of carbonyl (C=O) groups excluding carboxylic acids is 2. The molecule has 0 saturated carbocycles. The molecule has 0 saturated heterocycles. The van der Waals surface area contributed by atoms with Gasteiger partial charge in [0.2, 0.25) is 0 Å². The molecule has 1 amide bonds. The predicted molar refractivity (Wildman–Crippen MR) is 152 cm³/mol. The third kappa shape index (κ3) is 8.18. The molecule has 0 aliphatic rings. The fourth-order valence-corrected chi connectivity index (χ4v) is 3.91. The standard InChI is InChI=1S/C28H33N3O4.2ClH/c1-17(2)14-24-23(15-29)25(21-10-6-18(3)7-11-21)26(19(4)30-24)31-28(33)35-16-20-8-12-22(13-9-20)27(32)34-5;;/h6-13,17H,14-16,29H2,1-5H3,(H,31,33);2*1H. The number of hydrogen-bond acceptors (Lipinski definition) is 6. The van der Waals surface area contributed by atoms with E-state index in [-0.39, 0.29) is 31.4 Å². The van der Waals surface area contributed by atoms with Crippen molar-refractivity contribution < 1.29 is 19.1 Å². The van der Waals surface area contributed by atoms with E-state index in [4.69, 9.17) is 20.2 Å². The summed E-state index contributed by atoms with van der Waals surface area (Å²) >= 11 is 0. The van der Waals surface area contributed by atoms with Crippen molar-refractivity contribution in [2.24, 2.45) is 11.7 Å². The molecule has 0 atom stereocenters. The number of ether oxygens (including phenoxy) is 2. The highest BCUT2D eigenvalue weighted by Crippen LogP contribution is 2.36. The van der Waals surface area contributed by atoms with Crippen LogP contribution >= 0.6 is 24.8 Å². The molecule has 3 N–H and O–H groups in total. The molecule has 37 heavy (non-hydrogen) atoms. The summed E-state index contributed by atoms with van der Waals surface area (Å²) in [5, 5.41) is 2.90. The number of anilines is 1. The molecule has 9 heteroatoms. The summed E-state index contributed by atoms with van der Waals surface area (Å²) in [4.78, 5) is 29.2. The van der Waals surface area contributed by atoms with E-state index in [2.05, 4.69) is 19.2 Å². The number of aromatic nitrogens is 1. The minimum Gasteiger partial charge on any atom is -0.465 e. The first-order valence-electron chi connectivity index (χ1n) is 11.6. The highest BCUT2D eigenvalue weighted by atomic mass is 35.5. The van der Waals surface area contributed by atoms with Crippen LogP contribution in [0.15, 0.2) is 48.5 Å². The van der Waals surface area contributed by atoms with Gasteiger partial charge in [0.15, 0.2) is 0 Å². The van der Waals surface area contributed by atoms with Crippen LogP contribution in [0.2, 0.25) is 0 Å². The second-order valence-corrected chi connectivity index (χ2v) is 8.93. The van der Waals surface area contributed by atoms with Crippen molar-refractivity contribution in [1.82, 2.24) is 4.98 Å². The number of hydrogen-bond donors (Lipinski definition) is 2. The number of nitrogens with two attached hydrogens (primary N) is 1. The smallest absolute Gasteiger partial charge is 0.412 e. The first kappa shape index (κ1) is 31.9. The van der Waals surface area contributed by atoms with Crippen LogP contribution in [0, 0.1) is 19.8 Å². The molecule has 0 radical (unpaired) electrons. The first-order valence-corrected chi connectivity index (χ1v) is 11.6. The number of methoxy groups -OCH3 is 1. The Kier molecular flexibility index (Phi) is 12.6. The number of nitrogens with zero attached hydrogens (tertiary/aromatic N) is 1. The van der Waals surface area contributed by atoms with Gasteiger partial charge in [-0.2, -0.15) is 0 Å². The van der Waals surface area contributed by atoms with Crippen LogP contribution < -0.4 is 11.1 Å². The summed E-state index contributed by atoms with van der Waals surface area (Å²) in [5.41, 5.74) is 13.5. The third-order valence-electron chi connectivity index (χ3n) is 5.68. The Morgan fingerprint density at radius 2 is 1.62 bits per heavy atom. The van der Waals surface area contributed by atoms with Crippen LogP contribution in [0.25, 0.3) is 11.1 Å². The summed E-state index contributed by atoms with van der Waals surface area (Å²) in [6.45, 7) is 8.55. The molecule has 3 rings (SSSR count). The lowest BCUT2D eigenvalue weighted by atomic mass is 9.92. The average Bonchev–Trinajstić information content (AvgIpc) is 2.84. The second kappa shape index (κ2) is 14.6. The number of nitrogens with one attached hydrogen (secondary N) is 1. The second-order valence-electron chi connectivity index (χ2n) is 8.93. The zero-order chi connectivity index (χ0) is 25.5. The van der Waals surface area contributed by atoms with Gasteiger partial charge in [-0.25, -0.2) is 9.59 Å². The molecule has 0 unspecified atom stereocenters. The average molecular weight is 549 g/mol. The monoisotopic (exact) mass is 547 g/mol. The fourth-order valence-electron chi connectivity index (χ4n) is 3.91. The van der Waals surface area contributed by atoms with Crippen molar-refractivity contribution in [1.29, 1.82) is 0 Å². The van der Waals surface area contributed by atoms with E-state index in [1.54, 1.807) is 24.3 Å². The van der Waals surface area contributed by atoms with Gasteiger partial charge in [-0.3, -0.25) is 10.3 Å². The molecule has 0 spiro atoms. The summed E-state index contributed by atoms with van der Waals surface area (Å²) in [6, 6.07) is 14.8. The molecular formula is C28H35Cl2N3O4. The molecule has 3 aromatic rings. The Balaban J connectivity index is 0.00000342. The van der Waals surface area contributed by atoms with Crippen LogP contribution in [-0.2, 0) is 29.0 Å². The molecule has 1 aromatic heterocycles. The molecular weight excluding hydrogens is 513 g/mol. The van der Waals surface area contributed by atoms with Gasteiger partial charge in [0.1, 0.15) is 6.61 Å². The number of esters is 1. The first-order chi connectivity index (χ1) is 16.7. The van der Waals surface area contributed by atoms with Gasteiger partial charge in [-0.05, 0) is 55.0 Å². The van der Waals surface area contributed by atoms with Gasteiger partial charge in [-0.1, -0.05) is 55.8 Å². The molecule has 0 fully saturated rings. The van der Waals surface area contributed by atoms with E-state index in [1.165, 1.54) is 7.11 Å². The van der Waals surface area contributed by atoms with Crippen molar-refractivity contribution in [3.63, 3.8) is 0 Å². The number of amides is 1.